The summed E-state index contributed by atoms with van der Waals surface area (Å²) in [5, 5.41) is 1.63. The van der Waals surface area contributed by atoms with Crippen molar-refractivity contribution in [3.05, 3.63) is 44.0 Å². The minimum atomic E-state index is -0.249. The summed E-state index contributed by atoms with van der Waals surface area (Å²) in [4.78, 5) is 11.8. The lowest BCUT2D eigenvalue weighted by Gasteiger charge is -2.19. The average molecular weight is 328 g/mol. The van der Waals surface area contributed by atoms with Crippen molar-refractivity contribution >= 4 is 33.4 Å². The summed E-state index contributed by atoms with van der Waals surface area (Å²) in [5.41, 5.74) is -0.402. The Hall–Kier alpha value is -0.840. The molecular weight excluding hydrogens is 315 g/mol. The lowest BCUT2D eigenvalue weighted by Crippen LogP contribution is -2.17. The van der Waals surface area contributed by atoms with Gasteiger partial charge in [-0.1, -0.05) is 39.0 Å². The Morgan fingerprint density at radius 3 is 2.25 bits per heavy atom. The van der Waals surface area contributed by atoms with Crippen LogP contribution in [0.4, 0.5) is 0 Å². The number of hydrogen-bond donors (Lipinski definition) is 0. The monoisotopic (exact) mass is 328 g/mol. The van der Waals surface area contributed by atoms with Crippen molar-refractivity contribution in [2.75, 3.05) is 0 Å². The Morgan fingerprint density at radius 1 is 1.12 bits per heavy atom. The molecule has 3 heteroatoms. The maximum Gasteiger partial charge on any atom is 0.343 e. The molecule has 0 aliphatic carbocycles. The van der Waals surface area contributed by atoms with Crippen molar-refractivity contribution in [3.63, 3.8) is 0 Å². The lowest BCUT2D eigenvalue weighted by molar-refractivity contribution is 0.378. The smallest absolute Gasteiger partial charge is 0.343 e. The van der Waals surface area contributed by atoms with E-state index in [-0.39, 0.29) is 11.0 Å². The number of benzene rings is 1. The van der Waals surface area contributed by atoms with Crippen molar-refractivity contribution in [2.24, 2.45) is 0 Å². The SMILES string of the molecule is CC(C)(C)c1oc(=O)c2ccccc2c1I. The molecule has 0 saturated heterocycles. The van der Waals surface area contributed by atoms with Gasteiger partial charge >= 0.3 is 5.63 Å². The zero-order valence-corrected chi connectivity index (χ0v) is 11.7. The van der Waals surface area contributed by atoms with Crippen LogP contribution in [0.3, 0.4) is 0 Å². The first-order valence-electron chi connectivity index (χ1n) is 5.13. The van der Waals surface area contributed by atoms with Gasteiger partial charge in [-0.25, -0.2) is 4.79 Å². The fourth-order valence-corrected chi connectivity index (χ4v) is 3.04. The van der Waals surface area contributed by atoms with Crippen LogP contribution in [0.15, 0.2) is 33.5 Å². The molecular formula is C13H13IO2. The highest BCUT2D eigenvalue weighted by Gasteiger charge is 2.22. The van der Waals surface area contributed by atoms with Gasteiger partial charge in [-0.05, 0) is 28.7 Å². The Bertz CT molecular complexity index is 591. The van der Waals surface area contributed by atoms with E-state index in [1.54, 1.807) is 6.07 Å². The number of fused-ring (bicyclic) bond motifs is 1. The highest BCUT2D eigenvalue weighted by Crippen LogP contribution is 2.30. The van der Waals surface area contributed by atoms with Gasteiger partial charge in [0.2, 0.25) is 0 Å². The highest BCUT2D eigenvalue weighted by atomic mass is 127. The molecule has 1 aromatic heterocycles. The van der Waals surface area contributed by atoms with Crippen molar-refractivity contribution in [3.8, 4) is 0 Å². The van der Waals surface area contributed by atoms with Gasteiger partial charge in [0.25, 0.3) is 0 Å². The normalized spacial score (nSPS) is 12.0. The quantitative estimate of drug-likeness (QED) is 0.691. The molecule has 0 atom stereocenters. The van der Waals surface area contributed by atoms with Gasteiger partial charge in [-0.15, -0.1) is 0 Å². The number of halogens is 1. The van der Waals surface area contributed by atoms with E-state index in [1.807, 2.05) is 39.0 Å². The van der Waals surface area contributed by atoms with Crippen LogP contribution in [0.1, 0.15) is 26.5 Å². The molecule has 16 heavy (non-hydrogen) atoms. The highest BCUT2D eigenvalue weighted by molar-refractivity contribution is 14.1. The lowest BCUT2D eigenvalue weighted by atomic mass is 9.92. The summed E-state index contributed by atoms with van der Waals surface area (Å²) in [7, 11) is 0. The van der Waals surface area contributed by atoms with Crippen LogP contribution in [0, 0.1) is 3.57 Å². The molecule has 2 nitrogen and oxygen atoms in total. The second kappa shape index (κ2) is 3.87. The first-order chi connectivity index (χ1) is 7.41. The molecule has 0 unspecified atom stereocenters. The van der Waals surface area contributed by atoms with Crippen LogP contribution in [-0.4, -0.2) is 0 Å². The van der Waals surface area contributed by atoms with Crippen LogP contribution in [0.2, 0.25) is 0 Å². The van der Waals surface area contributed by atoms with E-state index in [4.69, 9.17) is 4.42 Å². The van der Waals surface area contributed by atoms with Crippen LogP contribution in [-0.2, 0) is 5.41 Å². The largest absolute Gasteiger partial charge is 0.426 e. The molecule has 0 radical (unpaired) electrons. The number of hydrogen-bond acceptors (Lipinski definition) is 2. The third kappa shape index (κ3) is 1.88. The van der Waals surface area contributed by atoms with E-state index in [0.29, 0.717) is 5.39 Å². The molecule has 0 bridgehead atoms. The second-order valence-corrected chi connectivity index (χ2v) is 5.91. The molecule has 0 aliphatic rings. The van der Waals surface area contributed by atoms with E-state index in [1.165, 1.54) is 0 Å². The standard InChI is InChI=1S/C13H13IO2/c1-13(2,3)11-10(14)8-6-4-5-7-9(8)12(15)16-11/h4-7H,1-3H3. The van der Waals surface area contributed by atoms with Crippen LogP contribution in [0.25, 0.3) is 10.8 Å². The minimum absolute atomic E-state index is 0.153. The van der Waals surface area contributed by atoms with E-state index in [2.05, 4.69) is 22.6 Å². The predicted molar refractivity (Wildman–Crippen MR) is 73.9 cm³/mol. The van der Waals surface area contributed by atoms with Crippen LogP contribution in [0.5, 0.6) is 0 Å². The summed E-state index contributed by atoms with van der Waals surface area (Å²) in [5.74, 6) is 0.761. The fourth-order valence-electron chi connectivity index (χ4n) is 1.65. The van der Waals surface area contributed by atoms with E-state index < -0.39 is 0 Å². The molecule has 84 valence electrons. The van der Waals surface area contributed by atoms with Gasteiger partial charge in [0.1, 0.15) is 5.76 Å². The molecule has 0 saturated carbocycles. The molecule has 2 aromatic rings. The van der Waals surface area contributed by atoms with E-state index in [0.717, 1.165) is 14.7 Å². The third-order valence-corrected chi connectivity index (χ3v) is 3.53. The first kappa shape index (κ1) is 11.6. The molecule has 0 amide bonds. The van der Waals surface area contributed by atoms with Crippen molar-refractivity contribution in [1.82, 2.24) is 0 Å². The fraction of sp³-hybridized carbons (Fsp3) is 0.308. The maximum atomic E-state index is 11.8. The molecule has 1 heterocycles. The minimum Gasteiger partial charge on any atom is -0.426 e. The summed E-state index contributed by atoms with van der Waals surface area (Å²) < 4.78 is 6.45. The van der Waals surface area contributed by atoms with E-state index in [9.17, 15) is 4.79 Å². The van der Waals surface area contributed by atoms with Crippen molar-refractivity contribution in [1.29, 1.82) is 0 Å². The molecule has 0 fully saturated rings. The Morgan fingerprint density at radius 2 is 1.69 bits per heavy atom. The topological polar surface area (TPSA) is 30.2 Å². The van der Waals surface area contributed by atoms with Gasteiger partial charge in [0.05, 0.1) is 8.96 Å². The molecule has 0 aliphatic heterocycles. The molecule has 2 rings (SSSR count). The summed E-state index contributed by atoms with van der Waals surface area (Å²) >= 11 is 2.25. The van der Waals surface area contributed by atoms with Crippen molar-refractivity contribution < 1.29 is 4.42 Å². The van der Waals surface area contributed by atoms with Gasteiger partial charge in [-0.2, -0.15) is 0 Å². The van der Waals surface area contributed by atoms with Gasteiger partial charge in [-0.3, -0.25) is 0 Å². The van der Waals surface area contributed by atoms with Crippen molar-refractivity contribution in [2.45, 2.75) is 26.2 Å². The van der Waals surface area contributed by atoms with Gasteiger partial charge in [0.15, 0.2) is 0 Å². The van der Waals surface area contributed by atoms with Crippen LogP contribution >= 0.6 is 22.6 Å². The Labute approximate surface area is 108 Å². The Balaban J connectivity index is 2.92. The molecule has 0 N–H and O–H groups in total. The summed E-state index contributed by atoms with van der Waals surface area (Å²) in [6.07, 6.45) is 0. The zero-order chi connectivity index (χ0) is 11.9. The van der Waals surface area contributed by atoms with E-state index >= 15 is 0 Å². The summed E-state index contributed by atoms with van der Waals surface area (Å²) in [6, 6.07) is 7.56. The average Bonchev–Trinajstić information content (AvgIpc) is 2.22. The number of rotatable bonds is 0. The zero-order valence-electron chi connectivity index (χ0n) is 9.50. The second-order valence-electron chi connectivity index (χ2n) is 4.83. The predicted octanol–water partition coefficient (Wildman–Crippen LogP) is 3.70. The van der Waals surface area contributed by atoms with Gasteiger partial charge in [0, 0.05) is 10.8 Å². The molecule has 0 spiro atoms. The first-order valence-corrected chi connectivity index (χ1v) is 6.21. The van der Waals surface area contributed by atoms with Gasteiger partial charge < -0.3 is 4.42 Å². The molecule has 1 aromatic carbocycles. The maximum absolute atomic E-state index is 11.8. The Kier molecular flexibility index (Phi) is 2.82. The third-order valence-electron chi connectivity index (χ3n) is 2.46. The van der Waals surface area contributed by atoms with Crippen LogP contribution < -0.4 is 5.63 Å². The summed E-state index contributed by atoms with van der Waals surface area (Å²) in [6.45, 7) is 6.13.